The van der Waals surface area contributed by atoms with Crippen LogP contribution in [-0.4, -0.2) is 20.8 Å². The second kappa shape index (κ2) is 2.31. The summed E-state index contributed by atoms with van der Waals surface area (Å²) in [6, 6.07) is 0. The molecule has 1 aromatic heterocycles. The number of terminal acetylenes is 1. The maximum absolute atomic E-state index is 10.7. The Morgan fingerprint density at radius 1 is 1.90 bits per heavy atom. The van der Waals surface area contributed by atoms with Gasteiger partial charge in [-0.25, -0.2) is 0 Å². The number of ketones is 1. The Kier molecular flexibility index (Phi) is 1.50. The Hall–Kier alpha value is -1.63. The van der Waals surface area contributed by atoms with Crippen LogP contribution in [0.2, 0.25) is 0 Å². The molecule has 10 heavy (non-hydrogen) atoms. The van der Waals surface area contributed by atoms with E-state index in [2.05, 4.69) is 10.3 Å². The van der Waals surface area contributed by atoms with E-state index in [-0.39, 0.29) is 5.69 Å². The first-order valence-corrected chi connectivity index (χ1v) is 2.61. The molecule has 0 radical (unpaired) electrons. The van der Waals surface area contributed by atoms with E-state index in [0.29, 0.717) is 0 Å². The maximum atomic E-state index is 10.7. The Labute approximate surface area is 57.8 Å². The average molecular weight is 135 g/mol. The van der Waals surface area contributed by atoms with Gasteiger partial charge in [-0.05, 0) is 5.92 Å². The third-order valence-electron chi connectivity index (χ3n) is 0.966. The highest BCUT2D eigenvalue weighted by molar-refractivity contribution is 6.06. The zero-order valence-electron chi connectivity index (χ0n) is 5.40. The topological polar surface area (TPSA) is 47.8 Å². The van der Waals surface area contributed by atoms with Gasteiger partial charge in [0.05, 0.1) is 6.20 Å². The fourth-order valence-corrected chi connectivity index (χ4v) is 0.525. The van der Waals surface area contributed by atoms with Crippen LogP contribution in [0.25, 0.3) is 0 Å². The van der Waals surface area contributed by atoms with Gasteiger partial charge in [-0.3, -0.25) is 9.48 Å². The minimum Gasteiger partial charge on any atom is -0.277 e. The van der Waals surface area contributed by atoms with Crippen molar-refractivity contribution in [3.05, 3.63) is 11.9 Å². The summed E-state index contributed by atoms with van der Waals surface area (Å²) in [6.45, 7) is 0. The average Bonchev–Trinajstić information content (AvgIpc) is 2.34. The van der Waals surface area contributed by atoms with E-state index >= 15 is 0 Å². The zero-order chi connectivity index (χ0) is 7.56. The molecule has 0 aliphatic carbocycles. The first-order valence-electron chi connectivity index (χ1n) is 2.61. The summed E-state index contributed by atoms with van der Waals surface area (Å²) in [6.07, 6.45) is 6.31. The summed E-state index contributed by atoms with van der Waals surface area (Å²) in [5.74, 6) is 1.50. The van der Waals surface area contributed by atoms with Crippen molar-refractivity contribution in [2.45, 2.75) is 0 Å². The van der Waals surface area contributed by atoms with Crippen LogP contribution in [0.1, 0.15) is 10.5 Å². The summed E-state index contributed by atoms with van der Waals surface area (Å²) < 4.78 is 1.42. The molecular formula is C6H5N3O. The van der Waals surface area contributed by atoms with E-state index < -0.39 is 5.78 Å². The lowest BCUT2D eigenvalue weighted by atomic mass is 10.3. The second-order valence-corrected chi connectivity index (χ2v) is 1.75. The Morgan fingerprint density at radius 3 is 3.00 bits per heavy atom. The van der Waals surface area contributed by atoms with E-state index in [1.807, 2.05) is 5.92 Å². The quantitative estimate of drug-likeness (QED) is 0.300. The molecule has 4 heteroatoms. The van der Waals surface area contributed by atoms with Crippen molar-refractivity contribution in [2.24, 2.45) is 7.05 Å². The fourth-order valence-electron chi connectivity index (χ4n) is 0.525. The number of hydrogen-bond donors (Lipinski definition) is 0. The SMILES string of the molecule is C#CC(=O)c1cn(C)nn1. The van der Waals surface area contributed by atoms with Crippen LogP contribution in [0.5, 0.6) is 0 Å². The van der Waals surface area contributed by atoms with E-state index in [9.17, 15) is 4.79 Å². The number of aromatic nitrogens is 3. The van der Waals surface area contributed by atoms with Gasteiger partial charge in [0, 0.05) is 7.05 Å². The molecule has 4 nitrogen and oxygen atoms in total. The van der Waals surface area contributed by atoms with Gasteiger partial charge < -0.3 is 0 Å². The molecular weight excluding hydrogens is 130 g/mol. The third-order valence-corrected chi connectivity index (χ3v) is 0.966. The van der Waals surface area contributed by atoms with Crippen molar-refractivity contribution in [1.29, 1.82) is 0 Å². The molecule has 0 aliphatic rings. The summed E-state index contributed by atoms with van der Waals surface area (Å²) in [5.41, 5.74) is 0.213. The van der Waals surface area contributed by atoms with Gasteiger partial charge in [-0.2, -0.15) is 0 Å². The lowest BCUT2D eigenvalue weighted by Crippen LogP contribution is -1.93. The molecule has 1 aromatic rings. The molecule has 0 aromatic carbocycles. The van der Waals surface area contributed by atoms with Crippen molar-refractivity contribution in [1.82, 2.24) is 15.0 Å². The number of rotatable bonds is 1. The monoisotopic (exact) mass is 135 g/mol. The second-order valence-electron chi connectivity index (χ2n) is 1.75. The summed E-state index contributed by atoms with van der Waals surface area (Å²) in [7, 11) is 1.67. The molecule has 0 atom stereocenters. The van der Waals surface area contributed by atoms with Crippen molar-refractivity contribution < 1.29 is 4.79 Å². The van der Waals surface area contributed by atoms with Gasteiger partial charge in [0.1, 0.15) is 0 Å². The van der Waals surface area contributed by atoms with Gasteiger partial charge in [0.25, 0.3) is 5.78 Å². The van der Waals surface area contributed by atoms with Crippen LogP contribution in [0.15, 0.2) is 6.20 Å². The number of hydrogen-bond acceptors (Lipinski definition) is 3. The van der Waals surface area contributed by atoms with Crippen LogP contribution in [0.4, 0.5) is 0 Å². The molecule has 1 rings (SSSR count). The van der Waals surface area contributed by atoms with Crippen LogP contribution >= 0.6 is 0 Å². The molecule has 0 N–H and O–H groups in total. The molecule has 0 fully saturated rings. The number of nitrogens with zero attached hydrogens (tertiary/aromatic N) is 3. The highest BCUT2D eigenvalue weighted by atomic mass is 16.1. The molecule has 0 aliphatic heterocycles. The first-order chi connectivity index (χ1) is 4.74. The Bertz CT molecular complexity index is 294. The molecule has 1 heterocycles. The lowest BCUT2D eigenvalue weighted by Gasteiger charge is -1.78. The molecule has 0 saturated carbocycles. The van der Waals surface area contributed by atoms with Crippen molar-refractivity contribution in [2.75, 3.05) is 0 Å². The Balaban J connectivity index is 2.98. The minimum absolute atomic E-state index is 0.213. The van der Waals surface area contributed by atoms with E-state index in [4.69, 9.17) is 6.42 Å². The molecule has 0 bridgehead atoms. The number of carbonyl (C=O) groups is 1. The predicted molar refractivity (Wildman–Crippen MR) is 34.2 cm³/mol. The summed E-state index contributed by atoms with van der Waals surface area (Å²) >= 11 is 0. The van der Waals surface area contributed by atoms with E-state index in [1.54, 1.807) is 7.05 Å². The van der Waals surface area contributed by atoms with Gasteiger partial charge in [0.15, 0.2) is 5.69 Å². The van der Waals surface area contributed by atoms with Crippen LogP contribution in [0, 0.1) is 12.3 Å². The normalized spacial score (nSPS) is 8.80. The molecule has 0 spiro atoms. The highest BCUT2D eigenvalue weighted by Gasteiger charge is 2.04. The smallest absolute Gasteiger partial charge is 0.257 e. The third kappa shape index (κ3) is 1.03. The van der Waals surface area contributed by atoms with Crippen molar-refractivity contribution >= 4 is 5.78 Å². The van der Waals surface area contributed by atoms with Gasteiger partial charge in [0.2, 0.25) is 0 Å². The van der Waals surface area contributed by atoms with Crippen molar-refractivity contribution in [3.8, 4) is 12.3 Å². The van der Waals surface area contributed by atoms with E-state index in [0.717, 1.165) is 0 Å². The van der Waals surface area contributed by atoms with Crippen LogP contribution < -0.4 is 0 Å². The number of Topliss-reactive ketones (excluding diaryl/α,β-unsaturated/α-hetero) is 1. The van der Waals surface area contributed by atoms with Gasteiger partial charge in [-0.1, -0.05) is 5.21 Å². The Morgan fingerprint density at radius 2 is 2.60 bits per heavy atom. The minimum atomic E-state index is -0.437. The summed E-state index contributed by atoms with van der Waals surface area (Å²) in [5, 5.41) is 7.04. The summed E-state index contributed by atoms with van der Waals surface area (Å²) in [4.78, 5) is 10.7. The largest absolute Gasteiger partial charge is 0.277 e. The van der Waals surface area contributed by atoms with E-state index in [1.165, 1.54) is 10.9 Å². The standard InChI is InChI=1S/C6H5N3O/c1-3-6(10)5-4-9(2)8-7-5/h1,4H,2H3. The first kappa shape index (κ1) is 6.49. The maximum Gasteiger partial charge on any atom is 0.257 e. The van der Waals surface area contributed by atoms with Gasteiger partial charge in [-0.15, -0.1) is 11.5 Å². The zero-order valence-corrected chi connectivity index (χ0v) is 5.40. The predicted octanol–water partition coefficient (Wildman–Crippen LogP) is -0.369. The van der Waals surface area contributed by atoms with Crippen LogP contribution in [0.3, 0.4) is 0 Å². The van der Waals surface area contributed by atoms with Gasteiger partial charge >= 0.3 is 0 Å². The number of aryl methyl sites for hydroxylation is 1. The number of carbonyl (C=O) groups excluding carboxylic acids is 1. The molecule has 0 saturated heterocycles. The lowest BCUT2D eigenvalue weighted by molar-refractivity contribution is 0.105. The fraction of sp³-hybridized carbons (Fsp3) is 0.167. The van der Waals surface area contributed by atoms with Crippen LogP contribution in [-0.2, 0) is 7.05 Å². The molecule has 50 valence electrons. The van der Waals surface area contributed by atoms with Crippen molar-refractivity contribution in [3.63, 3.8) is 0 Å². The molecule has 0 amide bonds. The highest BCUT2D eigenvalue weighted by Crippen LogP contribution is 1.90. The molecule has 0 unspecified atom stereocenters.